The Labute approximate surface area is 167 Å². The number of thioether (sulfide) groups is 1. The third kappa shape index (κ3) is 3.98. The van der Waals surface area contributed by atoms with Crippen molar-refractivity contribution in [2.24, 2.45) is 0 Å². The van der Waals surface area contributed by atoms with Gasteiger partial charge in [0.2, 0.25) is 0 Å². The Balaban J connectivity index is 2.00. The van der Waals surface area contributed by atoms with E-state index in [1.54, 1.807) is 0 Å². The molecule has 1 aliphatic heterocycles. The van der Waals surface area contributed by atoms with Crippen LogP contribution in [0.4, 0.5) is 0 Å². The van der Waals surface area contributed by atoms with Gasteiger partial charge in [-0.3, -0.25) is 0 Å². The van der Waals surface area contributed by atoms with E-state index in [9.17, 15) is 4.79 Å². The molecule has 1 aliphatic rings. The third-order valence-corrected chi connectivity index (χ3v) is 6.45. The molecule has 27 heavy (non-hydrogen) atoms. The SMILES string of the molecule is C/C=C(\c1ccc(C(=O)OC)cc1)c1ccc2c(c1)C(C)(C)CC(C)(C)S2. The maximum Gasteiger partial charge on any atom is 0.337 e. The zero-order chi connectivity index (χ0) is 19.8. The van der Waals surface area contributed by atoms with Crippen molar-refractivity contribution in [2.45, 2.75) is 56.1 Å². The van der Waals surface area contributed by atoms with E-state index >= 15 is 0 Å². The minimum absolute atomic E-state index is 0.147. The van der Waals surface area contributed by atoms with Crippen LogP contribution in [0.1, 0.15) is 68.1 Å². The molecule has 3 rings (SSSR count). The molecule has 3 heteroatoms. The summed E-state index contributed by atoms with van der Waals surface area (Å²) in [4.78, 5) is 13.1. The summed E-state index contributed by atoms with van der Waals surface area (Å²) in [6.45, 7) is 11.4. The van der Waals surface area contributed by atoms with Crippen molar-refractivity contribution < 1.29 is 9.53 Å². The van der Waals surface area contributed by atoms with Gasteiger partial charge in [0.25, 0.3) is 0 Å². The van der Waals surface area contributed by atoms with Crippen LogP contribution in [0.15, 0.2) is 53.4 Å². The zero-order valence-electron chi connectivity index (χ0n) is 17.1. The number of rotatable bonds is 3. The van der Waals surface area contributed by atoms with Crippen LogP contribution in [-0.2, 0) is 10.2 Å². The summed E-state index contributed by atoms with van der Waals surface area (Å²) in [7, 11) is 1.40. The molecule has 0 saturated heterocycles. The topological polar surface area (TPSA) is 26.3 Å². The zero-order valence-corrected chi connectivity index (χ0v) is 17.9. The van der Waals surface area contributed by atoms with Gasteiger partial charge in [-0.1, -0.05) is 52.0 Å². The third-order valence-electron chi connectivity index (χ3n) is 5.18. The molecule has 0 aromatic heterocycles. The fourth-order valence-corrected chi connectivity index (χ4v) is 5.82. The minimum atomic E-state index is -0.307. The molecule has 2 aromatic rings. The fourth-order valence-electron chi connectivity index (χ4n) is 4.21. The highest BCUT2D eigenvalue weighted by atomic mass is 32.2. The van der Waals surface area contributed by atoms with E-state index in [4.69, 9.17) is 4.74 Å². The molecule has 2 aromatic carbocycles. The first-order chi connectivity index (χ1) is 12.7. The van der Waals surface area contributed by atoms with Crippen LogP contribution < -0.4 is 0 Å². The number of hydrogen-bond acceptors (Lipinski definition) is 3. The second-order valence-corrected chi connectivity index (χ2v) is 10.2. The lowest BCUT2D eigenvalue weighted by Crippen LogP contribution is -2.33. The van der Waals surface area contributed by atoms with Crippen LogP contribution >= 0.6 is 11.8 Å². The number of fused-ring (bicyclic) bond motifs is 1. The Bertz CT molecular complexity index is 889. The lowest BCUT2D eigenvalue weighted by Gasteiger charge is -2.42. The molecule has 0 bridgehead atoms. The molecule has 0 amide bonds. The average Bonchev–Trinajstić information content (AvgIpc) is 2.61. The highest BCUT2D eigenvalue weighted by Gasteiger charge is 2.38. The Morgan fingerprint density at radius 2 is 1.59 bits per heavy atom. The van der Waals surface area contributed by atoms with Crippen molar-refractivity contribution >= 4 is 23.3 Å². The van der Waals surface area contributed by atoms with Crippen molar-refractivity contribution in [2.75, 3.05) is 7.11 Å². The predicted octanol–water partition coefficient (Wildman–Crippen LogP) is 6.48. The van der Waals surface area contributed by atoms with Crippen molar-refractivity contribution in [3.8, 4) is 0 Å². The van der Waals surface area contributed by atoms with Gasteiger partial charge in [0.05, 0.1) is 12.7 Å². The van der Waals surface area contributed by atoms with Gasteiger partial charge in [0.1, 0.15) is 0 Å². The number of allylic oxidation sites excluding steroid dienone is 1. The van der Waals surface area contributed by atoms with E-state index < -0.39 is 0 Å². The van der Waals surface area contributed by atoms with Crippen LogP contribution in [0.2, 0.25) is 0 Å². The van der Waals surface area contributed by atoms with E-state index in [0.29, 0.717) is 5.56 Å². The number of benzene rings is 2. The first-order valence-corrected chi connectivity index (χ1v) is 10.2. The quantitative estimate of drug-likeness (QED) is 0.570. The van der Waals surface area contributed by atoms with Crippen LogP contribution in [-0.4, -0.2) is 17.8 Å². The molecular weight excluding hydrogens is 352 g/mol. The Morgan fingerprint density at radius 1 is 1.00 bits per heavy atom. The van der Waals surface area contributed by atoms with Crippen LogP contribution in [0.25, 0.3) is 5.57 Å². The van der Waals surface area contributed by atoms with Gasteiger partial charge >= 0.3 is 5.97 Å². The number of carbonyl (C=O) groups excluding carboxylic acids is 1. The van der Waals surface area contributed by atoms with Gasteiger partial charge in [0, 0.05) is 9.64 Å². The van der Waals surface area contributed by atoms with Gasteiger partial charge in [-0.05, 0) is 65.3 Å². The first kappa shape index (κ1) is 19.8. The van der Waals surface area contributed by atoms with Gasteiger partial charge < -0.3 is 4.74 Å². The summed E-state index contributed by atoms with van der Waals surface area (Å²) in [5.41, 5.74) is 5.65. The monoisotopic (exact) mass is 380 g/mol. The summed E-state index contributed by atoms with van der Waals surface area (Å²) >= 11 is 1.98. The molecule has 0 saturated carbocycles. The standard InChI is InChI=1S/C24H28O2S/c1-7-19(16-8-10-17(11-9-16)22(25)26-6)18-12-13-21-20(14-18)23(2,3)15-24(4,5)27-21/h7-14H,15H2,1-6H3/b19-7+. The first-order valence-electron chi connectivity index (χ1n) is 9.36. The molecule has 2 nitrogen and oxygen atoms in total. The highest BCUT2D eigenvalue weighted by Crippen LogP contribution is 2.51. The number of methoxy groups -OCH3 is 1. The van der Waals surface area contributed by atoms with Gasteiger partial charge in [-0.25, -0.2) is 4.79 Å². The van der Waals surface area contributed by atoms with E-state index in [1.165, 1.54) is 28.7 Å². The Morgan fingerprint density at radius 3 is 2.19 bits per heavy atom. The average molecular weight is 381 g/mol. The van der Waals surface area contributed by atoms with Crippen molar-refractivity contribution in [3.05, 3.63) is 70.8 Å². The van der Waals surface area contributed by atoms with Crippen LogP contribution in [0.5, 0.6) is 0 Å². The number of ether oxygens (including phenoxy) is 1. The second kappa shape index (κ2) is 7.20. The maximum absolute atomic E-state index is 11.7. The summed E-state index contributed by atoms with van der Waals surface area (Å²) in [5.74, 6) is -0.307. The molecule has 0 spiro atoms. The summed E-state index contributed by atoms with van der Waals surface area (Å²) in [5, 5.41) is 0. The van der Waals surface area contributed by atoms with E-state index in [0.717, 1.165) is 12.0 Å². The van der Waals surface area contributed by atoms with Gasteiger partial charge in [-0.2, -0.15) is 0 Å². The van der Waals surface area contributed by atoms with Gasteiger partial charge in [-0.15, -0.1) is 11.8 Å². The molecule has 0 aliphatic carbocycles. The number of hydrogen-bond donors (Lipinski definition) is 0. The molecule has 0 N–H and O–H groups in total. The number of esters is 1. The molecule has 0 fully saturated rings. The minimum Gasteiger partial charge on any atom is -0.465 e. The largest absolute Gasteiger partial charge is 0.465 e. The summed E-state index contributed by atoms with van der Waals surface area (Å²) < 4.78 is 5.05. The van der Waals surface area contributed by atoms with Crippen molar-refractivity contribution in [1.29, 1.82) is 0 Å². The normalized spacial score (nSPS) is 17.9. The lowest BCUT2D eigenvalue weighted by atomic mass is 9.76. The van der Waals surface area contributed by atoms with E-state index in [-0.39, 0.29) is 16.1 Å². The Hall–Kier alpha value is -2.00. The second-order valence-electron chi connectivity index (χ2n) is 8.40. The van der Waals surface area contributed by atoms with Crippen molar-refractivity contribution in [3.63, 3.8) is 0 Å². The lowest BCUT2D eigenvalue weighted by molar-refractivity contribution is 0.0600. The highest BCUT2D eigenvalue weighted by molar-refractivity contribution is 8.00. The Kier molecular flexibility index (Phi) is 5.27. The summed E-state index contributed by atoms with van der Waals surface area (Å²) in [6.07, 6.45) is 3.29. The van der Waals surface area contributed by atoms with E-state index in [1.807, 2.05) is 36.0 Å². The van der Waals surface area contributed by atoms with E-state index in [2.05, 4.69) is 58.9 Å². The molecule has 1 heterocycles. The molecule has 0 unspecified atom stereocenters. The van der Waals surface area contributed by atoms with Crippen LogP contribution in [0.3, 0.4) is 0 Å². The number of carbonyl (C=O) groups is 1. The predicted molar refractivity (Wildman–Crippen MR) is 115 cm³/mol. The molecular formula is C24H28O2S. The fraction of sp³-hybridized carbons (Fsp3) is 0.375. The van der Waals surface area contributed by atoms with Crippen molar-refractivity contribution in [1.82, 2.24) is 0 Å². The van der Waals surface area contributed by atoms with Crippen LogP contribution in [0, 0.1) is 0 Å². The summed E-state index contributed by atoms with van der Waals surface area (Å²) in [6, 6.07) is 14.5. The molecule has 0 atom stereocenters. The smallest absolute Gasteiger partial charge is 0.337 e. The van der Waals surface area contributed by atoms with Gasteiger partial charge in [0.15, 0.2) is 0 Å². The maximum atomic E-state index is 11.7. The molecule has 142 valence electrons. The molecule has 0 radical (unpaired) electrons.